The van der Waals surface area contributed by atoms with E-state index in [1.54, 1.807) is 32.0 Å². The Bertz CT molecular complexity index is 1010. The molecule has 0 aromatic heterocycles. The van der Waals surface area contributed by atoms with Crippen LogP contribution in [0.3, 0.4) is 0 Å². The van der Waals surface area contributed by atoms with E-state index in [-0.39, 0.29) is 25.4 Å². The number of aliphatic hydroxyl groups is 1. The summed E-state index contributed by atoms with van der Waals surface area (Å²) in [6, 6.07) is 2.41. The lowest BCUT2D eigenvalue weighted by molar-refractivity contribution is -0.144. The van der Waals surface area contributed by atoms with E-state index in [2.05, 4.69) is 16.0 Å². The standard InChI is InChI=1S/C25H34Cl2N4O5/c1-3-25(2)24(36)29-19(14-15-9-10-16(26)17(27)13-15)23(35)31-11-6-8-20(31)22(34)28-18(21(33)30-25)7-4-5-12-32/h9-10,13,18-20,32H,3-8,11-12,14H2,1-2H3,(H,28,34)(H,29,36)(H,30,33)/t18-,19?,20+,25-/m0/s1. The molecule has 4 atom stereocenters. The normalized spacial score (nSPS) is 27.5. The van der Waals surface area contributed by atoms with E-state index in [0.717, 1.165) is 0 Å². The number of amides is 4. The van der Waals surface area contributed by atoms with Crippen molar-refractivity contribution in [3.8, 4) is 0 Å². The maximum Gasteiger partial charge on any atom is 0.246 e. The summed E-state index contributed by atoms with van der Waals surface area (Å²) >= 11 is 12.2. The molecule has 0 spiro atoms. The molecule has 4 N–H and O–H groups in total. The van der Waals surface area contributed by atoms with Crippen LogP contribution in [-0.4, -0.2) is 70.5 Å². The molecule has 9 nitrogen and oxygen atoms in total. The Balaban J connectivity index is 1.96. The zero-order valence-electron chi connectivity index (χ0n) is 20.6. The van der Waals surface area contributed by atoms with E-state index < -0.39 is 41.4 Å². The van der Waals surface area contributed by atoms with Crippen LogP contribution < -0.4 is 16.0 Å². The number of halogens is 2. The summed E-state index contributed by atoms with van der Waals surface area (Å²) in [5, 5.41) is 18.3. The lowest BCUT2D eigenvalue weighted by Crippen LogP contribution is -2.65. The Labute approximate surface area is 221 Å². The summed E-state index contributed by atoms with van der Waals surface area (Å²) in [6.07, 6.45) is 2.80. The van der Waals surface area contributed by atoms with Crippen molar-refractivity contribution < 1.29 is 24.3 Å². The second-order valence-corrected chi connectivity index (χ2v) is 10.4. The number of fused-ring (bicyclic) bond motifs is 1. The first-order valence-corrected chi connectivity index (χ1v) is 13.1. The first kappa shape index (κ1) is 28.2. The van der Waals surface area contributed by atoms with Gasteiger partial charge in [0.05, 0.1) is 10.0 Å². The summed E-state index contributed by atoms with van der Waals surface area (Å²) in [4.78, 5) is 55.1. The summed E-state index contributed by atoms with van der Waals surface area (Å²) in [5.41, 5.74) is -0.613. The van der Waals surface area contributed by atoms with Gasteiger partial charge in [-0.15, -0.1) is 0 Å². The Hall–Kier alpha value is -2.36. The maximum absolute atomic E-state index is 13.7. The second kappa shape index (κ2) is 12.3. The number of nitrogens with zero attached hydrogens (tertiary/aromatic N) is 1. The highest BCUT2D eigenvalue weighted by atomic mass is 35.5. The van der Waals surface area contributed by atoms with Gasteiger partial charge in [-0.05, 0) is 63.1 Å². The van der Waals surface area contributed by atoms with Gasteiger partial charge in [-0.25, -0.2) is 0 Å². The van der Waals surface area contributed by atoms with Gasteiger partial charge in [0.2, 0.25) is 23.6 Å². The molecule has 1 aromatic rings. The van der Waals surface area contributed by atoms with Crippen molar-refractivity contribution in [1.29, 1.82) is 0 Å². The topological polar surface area (TPSA) is 128 Å². The molecule has 3 rings (SSSR count). The largest absolute Gasteiger partial charge is 0.396 e. The predicted molar refractivity (Wildman–Crippen MR) is 137 cm³/mol. The smallest absolute Gasteiger partial charge is 0.246 e. The van der Waals surface area contributed by atoms with Gasteiger partial charge in [0, 0.05) is 19.6 Å². The van der Waals surface area contributed by atoms with Gasteiger partial charge in [-0.2, -0.15) is 0 Å². The van der Waals surface area contributed by atoms with Crippen LogP contribution in [-0.2, 0) is 25.6 Å². The molecule has 0 aliphatic carbocycles. The summed E-state index contributed by atoms with van der Waals surface area (Å²) < 4.78 is 0. The molecule has 1 aromatic carbocycles. The van der Waals surface area contributed by atoms with Crippen LogP contribution in [0.1, 0.15) is 57.9 Å². The minimum absolute atomic E-state index is 0.0253. The lowest BCUT2D eigenvalue weighted by atomic mass is 9.94. The van der Waals surface area contributed by atoms with Crippen molar-refractivity contribution in [1.82, 2.24) is 20.9 Å². The summed E-state index contributed by atoms with van der Waals surface area (Å²) in [7, 11) is 0. The number of hydrogen-bond donors (Lipinski definition) is 4. The third kappa shape index (κ3) is 6.49. The van der Waals surface area contributed by atoms with Crippen molar-refractivity contribution >= 4 is 46.8 Å². The molecular formula is C25H34Cl2N4O5. The maximum atomic E-state index is 13.7. The van der Waals surface area contributed by atoms with E-state index in [9.17, 15) is 19.2 Å². The molecule has 1 unspecified atom stereocenters. The Morgan fingerprint density at radius 3 is 2.47 bits per heavy atom. The molecule has 4 amide bonds. The lowest BCUT2D eigenvalue weighted by Gasteiger charge is -2.36. The molecule has 2 saturated heterocycles. The number of unbranched alkanes of at least 4 members (excludes halogenated alkanes) is 1. The number of nitrogens with one attached hydrogen (secondary N) is 3. The second-order valence-electron chi connectivity index (χ2n) is 9.62. The van der Waals surface area contributed by atoms with Gasteiger partial charge in [0.25, 0.3) is 0 Å². The fourth-order valence-electron chi connectivity index (χ4n) is 4.58. The molecule has 0 saturated carbocycles. The molecule has 11 heteroatoms. The first-order valence-electron chi connectivity index (χ1n) is 12.4. The quantitative estimate of drug-likeness (QED) is 0.393. The van der Waals surface area contributed by atoms with Crippen LogP contribution in [0.15, 0.2) is 18.2 Å². The van der Waals surface area contributed by atoms with Crippen LogP contribution in [0.25, 0.3) is 0 Å². The Morgan fingerprint density at radius 1 is 1.06 bits per heavy atom. The minimum atomic E-state index is -1.31. The minimum Gasteiger partial charge on any atom is -0.396 e. The van der Waals surface area contributed by atoms with Crippen molar-refractivity contribution in [3.05, 3.63) is 33.8 Å². The average Bonchev–Trinajstić information content (AvgIpc) is 3.34. The van der Waals surface area contributed by atoms with Crippen molar-refractivity contribution in [2.24, 2.45) is 0 Å². The third-order valence-electron chi connectivity index (χ3n) is 7.01. The fourth-order valence-corrected chi connectivity index (χ4v) is 4.91. The molecule has 2 aliphatic heterocycles. The summed E-state index contributed by atoms with van der Waals surface area (Å²) in [5.74, 6) is -1.73. The number of benzene rings is 1. The molecule has 2 fully saturated rings. The molecule has 2 heterocycles. The highest BCUT2D eigenvalue weighted by molar-refractivity contribution is 6.42. The van der Waals surface area contributed by atoms with Crippen molar-refractivity contribution in [3.63, 3.8) is 0 Å². The monoisotopic (exact) mass is 540 g/mol. The summed E-state index contributed by atoms with van der Waals surface area (Å²) in [6.45, 7) is 3.70. The highest BCUT2D eigenvalue weighted by Gasteiger charge is 2.43. The number of carbonyl (C=O) groups excluding carboxylic acids is 4. The van der Waals surface area contributed by atoms with Gasteiger partial charge in [0.1, 0.15) is 23.7 Å². The molecule has 198 valence electrons. The van der Waals surface area contributed by atoms with E-state index in [1.807, 2.05) is 0 Å². The number of carbonyl (C=O) groups is 4. The highest BCUT2D eigenvalue weighted by Crippen LogP contribution is 2.25. The molecule has 36 heavy (non-hydrogen) atoms. The molecular weight excluding hydrogens is 507 g/mol. The van der Waals surface area contributed by atoms with Crippen LogP contribution in [0.2, 0.25) is 10.0 Å². The zero-order chi connectivity index (χ0) is 26.5. The van der Waals surface area contributed by atoms with E-state index >= 15 is 0 Å². The van der Waals surface area contributed by atoms with Crippen molar-refractivity contribution in [2.45, 2.75) is 82.5 Å². The predicted octanol–water partition coefficient (Wildman–Crippen LogP) is 1.96. The van der Waals surface area contributed by atoms with Gasteiger partial charge in [-0.1, -0.05) is 36.2 Å². The zero-order valence-corrected chi connectivity index (χ0v) is 22.1. The van der Waals surface area contributed by atoms with Crippen LogP contribution >= 0.6 is 23.2 Å². The van der Waals surface area contributed by atoms with Crippen LogP contribution in [0.5, 0.6) is 0 Å². The SMILES string of the molecule is CC[C@]1(C)NC(=O)[C@H](CCCCO)NC(=O)[C@H]2CCCN2C(=O)C(Cc2ccc(Cl)c(Cl)c2)NC1=O. The van der Waals surface area contributed by atoms with E-state index in [1.165, 1.54) is 4.90 Å². The average molecular weight is 541 g/mol. The van der Waals surface area contributed by atoms with Crippen molar-refractivity contribution in [2.75, 3.05) is 13.2 Å². The number of hydrogen-bond acceptors (Lipinski definition) is 5. The molecule has 0 radical (unpaired) electrons. The van der Waals surface area contributed by atoms with Crippen LogP contribution in [0, 0.1) is 0 Å². The third-order valence-corrected chi connectivity index (χ3v) is 7.75. The Morgan fingerprint density at radius 2 is 1.81 bits per heavy atom. The number of rotatable bonds is 7. The fraction of sp³-hybridized carbons (Fsp3) is 0.600. The van der Waals surface area contributed by atoms with Crippen LogP contribution in [0.4, 0.5) is 0 Å². The van der Waals surface area contributed by atoms with Gasteiger partial charge in [-0.3, -0.25) is 19.2 Å². The van der Waals surface area contributed by atoms with Gasteiger partial charge < -0.3 is 26.0 Å². The molecule has 2 aliphatic rings. The number of aliphatic hydroxyl groups excluding tert-OH is 1. The van der Waals surface area contributed by atoms with E-state index in [0.29, 0.717) is 54.3 Å². The first-order chi connectivity index (χ1) is 17.1. The van der Waals surface area contributed by atoms with E-state index in [4.69, 9.17) is 28.3 Å². The Kier molecular flexibility index (Phi) is 9.60. The molecule has 0 bridgehead atoms. The van der Waals surface area contributed by atoms with Gasteiger partial charge in [0.15, 0.2) is 0 Å². The van der Waals surface area contributed by atoms with Gasteiger partial charge >= 0.3 is 0 Å².